The average molecular weight is 549 g/mol. The number of ether oxygens (including phenoxy) is 1. The van der Waals surface area contributed by atoms with Gasteiger partial charge in [0.1, 0.15) is 17.3 Å². The minimum atomic E-state index is -0.478. The van der Waals surface area contributed by atoms with E-state index in [4.69, 9.17) is 4.74 Å². The second kappa shape index (κ2) is 9.82. The van der Waals surface area contributed by atoms with Crippen molar-refractivity contribution < 1.29 is 9.13 Å². The van der Waals surface area contributed by atoms with Crippen molar-refractivity contribution in [2.24, 2.45) is 7.05 Å². The molecule has 1 aliphatic heterocycles. The number of benzene rings is 2. The summed E-state index contributed by atoms with van der Waals surface area (Å²) in [4.78, 5) is 31.0. The molecule has 1 N–H and O–H groups in total. The molecule has 1 aliphatic carbocycles. The molecular formula is C33H29FN4O3. The van der Waals surface area contributed by atoms with Gasteiger partial charge in [-0.25, -0.2) is 9.37 Å². The van der Waals surface area contributed by atoms with Crippen LogP contribution in [0.1, 0.15) is 41.4 Å². The fraction of sp³-hybridized carbons (Fsp3) is 0.242. The molecule has 7 rings (SSSR count). The second-order valence-corrected chi connectivity index (χ2v) is 11.1. The Balaban J connectivity index is 1.26. The van der Waals surface area contributed by atoms with Crippen LogP contribution in [0.2, 0.25) is 0 Å². The van der Waals surface area contributed by atoms with Crippen molar-refractivity contribution in [2.75, 3.05) is 18.5 Å². The van der Waals surface area contributed by atoms with Gasteiger partial charge in [0.05, 0.1) is 24.3 Å². The van der Waals surface area contributed by atoms with Crippen LogP contribution in [0.3, 0.4) is 0 Å². The number of halogens is 1. The highest BCUT2D eigenvalue weighted by molar-refractivity contribution is 5.84. The molecular weight excluding hydrogens is 519 g/mol. The second-order valence-electron chi connectivity index (χ2n) is 11.1. The predicted molar refractivity (Wildman–Crippen MR) is 158 cm³/mol. The summed E-state index contributed by atoms with van der Waals surface area (Å²) in [5.41, 5.74) is 5.02. The molecule has 0 atom stereocenters. The number of fused-ring (bicyclic) bond motifs is 1. The summed E-state index contributed by atoms with van der Waals surface area (Å²) in [5, 5.41) is 3.89. The zero-order valence-electron chi connectivity index (χ0n) is 22.9. The first-order chi connectivity index (χ1) is 19.9. The Kier molecular flexibility index (Phi) is 6.08. The molecule has 5 aromatic rings. The molecule has 0 spiro atoms. The highest BCUT2D eigenvalue weighted by atomic mass is 19.1. The van der Waals surface area contributed by atoms with Gasteiger partial charge in [0.25, 0.3) is 11.1 Å². The molecule has 4 heterocycles. The van der Waals surface area contributed by atoms with E-state index in [9.17, 15) is 9.59 Å². The van der Waals surface area contributed by atoms with E-state index in [-0.39, 0.29) is 10.9 Å². The third-order valence-electron chi connectivity index (χ3n) is 8.25. The van der Waals surface area contributed by atoms with Gasteiger partial charge in [-0.2, -0.15) is 0 Å². The summed E-state index contributed by atoms with van der Waals surface area (Å²) in [5.74, 6) is 0.862. The summed E-state index contributed by atoms with van der Waals surface area (Å²) in [6.45, 7) is 3.34. The minimum Gasteiger partial charge on any atom is -0.380 e. The lowest BCUT2D eigenvalue weighted by Crippen LogP contribution is -2.25. The van der Waals surface area contributed by atoms with Gasteiger partial charge in [-0.1, -0.05) is 24.3 Å². The largest absolute Gasteiger partial charge is 0.380 e. The molecule has 2 aliphatic rings. The number of aromatic nitrogens is 3. The van der Waals surface area contributed by atoms with Gasteiger partial charge >= 0.3 is 0 Å². The Labute approximate surface area is 235 Å². The minimum absolute atomic E-state index is 0.0960. The summed E-state index contributed by atoms with van der Waals surface area (Å²) < 4.78 is 23.5. The SMILES string of the molecule is Cc1c(-c2cc(Nc3ccc(C4COC4)cn3)c(=O)n(C)c2)cccc1-n1ccc2cc(C3CC3)cc(F)c2c1=O. The van der Waals surface area contributed by atoms with Gasteiger partial charge in [-0.05, 0) is 83.7 Å². The first-order valence-corrected chi connectivity index (χ1v) is 13.8. The molecule has 3 aromatic heterocycles. The third-order valence-corrected chi connectivity index (χ3v) is 8.25. The predicted octanol–water partition coefficient (Wildman–Crippen LogP) is 5.93. The van der Waals surface area contributed by atoms with Crippen LogP contribution in [0.5, 0.6) is 0 Å². The molecule has 206 valence electrons. The molecule has 1 saturated heterocycles. The summed E-state index contributed by atoms with van der Waals surface area (Å²) >= 11 is 0. The van der Waals surface area contributed by atoms with Crippen LogP contribution in [0.25, 0.3) is 27.6 Å². The maximum absolute atomic E-state index is 15.2. The quantitative estimate of drug-likeness (QED) is 0.285. The van der Waals surface area contributed by atoms with E-state index in [1.807, 2.05) is 55.6 Å². The van der Waals surface area contributed by atoms with E-state index in [0.717, 1.165) is 40.7 Å². The first kappa shape index (κ1) is 25.4. The Hall–Kier alpha value is -4.56. The molecule has 8 heteroatoms. The summed E-state index contributed by atoms with van der Waals surface area (Å²) in [6, 6.07) is 16.6. The third kappa shape index (κ3) is 4.54. The summed E-state index contributed by atoms with van der Waals surface area (Å²) in [7, 11) is 1.70. The molecule has 0 amide bonds. The van der Waals surface area contributed by atoms with Crippen molar-refractivity contribution in [3.63, 3.8) is 0 Å². The molecule has 0 unspecified atom stereocenters. The zero-order chi connectivity index (χ0) is 28.2. The summed E-state index contributed by atoms with van der Waals surface area (Å²) in [6.07, 6.45) is 7.43. The van der Waals surface area contributed by atoms with E-state index >= 15 is 4.39 Å². The van der Waals surface area contributed by atoms with Crippen LogP contribution in [0.4, 0.5) is 15.9 Å². The highest BCUT2D eigenvalue weighted by Gasteiger charge is 2.25. The Morgan fingerprint density at radius 1 is 0.976 bits per heavy atom. The number of nitrogens with zero attached hydrogens (tertiary/aromatic N) is 3. The maximum Gasteiger partial charge on any atom is 0.274 e. The van der Waals surface area contributed by atoms with Crippen molar-refractivity contribution in [3.8, 4) is 16.8 Å². The molecule has 2 aromatic carbocycles. The topological polar surface area (TPSA) is 78.2 Å². The number of aryl methyl sites for hydroxylation is 1. The van der Waals surface area contributed by atoms with Crippen molar-refractivity contribution in [3.05, 3.63) is 116 Å². The van der Waals surface area contributed by atoms with Crippen LogP contribution in [0, 0.1) is 12.7 Å². The van der Waals surface area contributed by atoms with Gasteiger partial charge in [-0.15, -0.1) is 0 Å². The number of anilines is 2. The Morgan fingerprint density at radius 2 is 1.80 bits per heavy atom. The molecule has 0 radical (unpaired) electrons. The standard InChI is InChI=1S/C33H29FN4O3/c1-19-26(24-14-28(32(39)37(2)16-24)36-30-9-8-22(15-35-30)25-17-41-18-25)4-3-5-29(19)38-11-10-21-12-23(20-6-7-20)13-27(34)31(21)33(38)40/h3-5,8-16,20,25H,6-7,17-18H2,1-2H3,(H,35,36). The van der Waals surface area contributed by atoms with Crippen molar-refractivity contribution in [1.29, 1.82) is 0 Å². The highest BCUT2D eigenvalue weighted by Crippen LogP contribution is 2.41. The first-order valence-electron chi connectivity index (χ1n) is 13.8. The van der Waals surface area contributed by atoms with Gasteiger partial charge in [0.15, 0.2) is 0 Å². The van der Waals surface area contributed by atoms with Crippen LogP contribution in [0.15, 0.2) is 82.8 Å². The van der Waals surface area contributed by atoms with E-state index in [0.29, 0.717) is 47.6 Å². The molecule has 2 fully saturated rings. The monoisotopic (exact) mass is 548 g/mol. The number of pyridine rings is 3. The number of hydrogen-bond donors (Lipinski definition) is 1. The van der Waals surface area contributed by atoms with Gasteiger partial charge in [0, 0.05) is 37.1 Å². The van der Waals surface area contributed by atoms with E-state index < -0.39 is 11.4 Å². The van der Waals surface area contributed by atoms with Crippen molar-refractivity contribution in [1.82, 2.24) is 14.1 Å². The van der Waals surface area contributed by atoms with Gasteiger partial charge < -0.3 is 14.6 Å². The zero-order valence-corrected chi connectivity index (χ0v) is 22.9. The molecule has 0 bridgehead atoms. The number of nitrogens with one attached hydrogen (secondary N) is 1. The molecule has 41 heavy (non-hydrogen) atoms. The average Bonchev–Trinajstić information content (AvgIpc) is 3.77. The normalized spacial score (nSPS) is 15.2. The van der Waals surface area contributed by atoms with Crippen LogP contribution >= 0.6 is 0 Å². The van der Waals surface area contributed by atoms with E-state index in [1.165, 1.54) is 15.2 Å². The van der Waals surface area contributed by atoms with Crippen LogP contribution in [-0.4, -0.2) is 27.3 Å². The van der Waals surface area contributed by atoms with Crippen molar-refractivity contribution in [2.45, 2.75) is 31.6 Å². The van der Waals surface area contributed by atoms with Gasteiger partial charge in [0.2, 0.25) is 0 Å². The fourth-order valence-corrected chi connectivity index (χ4v) is 5.62. The number of rotatable bonds is 6. The van der Waals surface area contributed by atoms with Gasteiger partial charge in [-0.3, -0.25) is 14.2 Å². The Bertz CT molecular complexity index is 1940. The Morgan fingerprint density at radius 3 is 2.51 bits per heavy atom. The van der Waals surface area contributed by atoms with Crippen LogP contribution in [-0.2, 0) is 11.8 Å². The smallest absolute Gasteiger partial charge is 0.274 e. The fourth-order valence-electron chi connectivity index (χ4n) is 5.62. The maximum atomic E-state index is 15.2. The molecule has 7 nitrogen and oxygen atoms in total. The van der Waals surface area contributed by atoms with Crippen molar-refractivity contribution >= 4 is 22.3 Å². The van der Waals surface area contributed by atoms with E-state index in [1.54, 1.807) is 25.5 Å². The lowest BCUT2D eigenvalue weighted by Gasteiger charge is -2.26. The lowest BCUT2D eigenvalue weighted by atomic mass is 9.99. The lowest BCUT2D eigenvalue weighted by molar-refractivity contribution is 0.00830. The number of hydrogen-bond acceptors (Lipinski definition) is 5. The molecule has 1 saturated carbocycles. The van der Waals surface area contributed by atoms with Crippen LogP contribution < -0.4 is 16.4 Å². The van der Waals surface area contributed by atoms with E-state index in [2.05, 4.69) is 10.3 Å².